The predicted octanol–water partition coefficient (Wildman–Crippen LogP) is 1.99. The first kappa shape index (κ1) is 19.5. The third-order valence-electron chi connectivity index (χ3n) is 4.17. The van der Waals surface area contributed by atoms with Crippen molar-refractivity contribution >= 4 is 5.96 Å². The number of nitrogens with one attached hydrogen (secondary N) is 2. The second kappa shape index (κ2) is 11.7. The summed E-state index contributed by atoms with van der Waals surface area (Å²) in [6.07, 6.45) is 4.48. The molecule has 0 spiro atoms. The van der Waals surface area contributed by atoms with E-state index in [1.165, 1.54) is 5.56 Å². The molecule has 1 aromatic carbocycles. The monoisotopic (exact) mass is 349 g/mol. The van der Waals surface area contributed by atoms with Gasteiger partial charge < -0.3 is 24.8 Å². The lowest BCUT2D eigenvalue weighted by atomic mass is 10.1. The van der Waals surface area contributed by atoms with Gasteiger partial charge in [0.1, 0.15) is 5.75 Å². The lowest BCUT2D eigenvalue weighted by Gasteiger charge is -2.13. The zero-order valence-electron chi connectivity index (χ0n) is 15.4. The molecule has 25 heavy (non-hydrogen) atoms. The van der Waals surface area contributed by atoms with Crippen LogP contribution in [0.2, 0.25) is 0 Å². The Morgan fingerprint density at radius 3 is 2.72 bits per heavy atom. The van der Waals surface area contributed by atoms with Crippen molar-refractivity contribution in [3.8, 4) is 5.75 Å². The summed E-state index contributed by atoms with van der Waals surface area (Å²) in [4.78, 5) is 4.24. The highest BCUT2D eigenvalue weighted by atomic mass is 16.5. The molecule has 1 aliphatic heterocycles. The Morgan fingerprint density at radius 1 is 1.24 bits per heavy atom. The van der Waals surface area contributed by atoms with Crippen molar-refractivity contribution in [2.45, 2.75) is 31.8 Å². The lowest BCUT2D eigenvalue weighted by molar-refractivity contribution is 0.0168. The highest BCUT2D eigenvalue weighted by Gasteiger charge is 2.14. The molecular weight excluding hydrogens is 318 g/mol. The van der Waals surface area contributed by atoms with Crippen LogP contribution in [0.1, 0.15) is 24.8 Å². The quantitative estimate of drug-likeness (QED) is 0.384. The number of benzene rings is 1. The number of rotatable bonds is 10. The maximum Gasteiger partial charge on any atom is 0.190 e. The molecule has 0 aliphatic carbocycles. The van der Waals surface area contributed by atoms with E-state index in [4.69, 9.17) is 14.2 Å². The van der Waals surface area contributed by atoms with Gasteiger partial charge in [0.05, 0.1) is 19.8 Å². The van der Waals surface area contributed by atoms with Crippen LogP contribution in [0.4, 0.5) is 0 Å². The second-order valence-corrected chi connectivity index (χ2v) is 6.09. The fourth-order valence-electron chi connectivity index (χ4n) is 2.71. The first-order valence-electron chi connectivity index (χ1n) is 9.08. The summed E-state index contributed by atoms with van der Waals surface area (Å²) in [7, 11) is 3.47. The predicted molar refractivity (Wildman–Crippen MR) is 100 cm³/mol. The van der Waals surface area contributed by atoms with Gasteiger partial charge in [-0.25, -0.2) is 0 Å². The molecular formula is C19H31N3O3. The summed E-state index contributed by atoms with van der Waals surface area (Å²) in [5, 5.41) is 6.64. The van der Waals surface area contributed by atoms with Gasteiger partial charge >= 0.3 is 0 Å². The van der Waals surface area contributed by atoms with E-state index < -0.39 is 0 Å². The molecule has 0 aromatic heterocycles. The third kappa shape index (κ3) is 7.75. The highest BCUT2D eigenvalue weighted by molar-refractivity contribution is 5.79. The smallest absolute Gasteiger partial charge is 0.190 e. The van der Waals surface area contributed by atoms with Crippen molar-refractivity contribution < 1.29 is 14.2 Å². The van der Waals surface area contributed by atoms with Gasteiger partial charge in [0.2, 0.25) is 0 Å². The van der Waals surface area contributed by atoms with Crippen molar-refractivity contribution in [2.75, 3.05) is 47.1 Å². The minimum atomic E-state index is 0.306. The van der Waals surface area contributed by atoms with Gasteiger partial charge in [-0.05, 0) is 43.4 Å². The number of nitrogens with zero attached hydrogens (tertiary/aromatic N) is 1. The molecule has 1 aliphatic rings. The van der Waals surface area contributed by atoms with Crippen LogP contribution in [0.3, 0.4) is 0 Å². The minimum absolute atomic E-state index is 0.306. The molecule has 2 rings (SSSR count). The topological polar surface area (TPSA) is 64.1 Å². The standard InChI is InChI=1S/C19H31N3O3/c1-20-19(21-11-4-13-24-15-18-5-3-14-25-18)22-12-10-16-6-8-17(23-2)9-7-16/h6-9,18H,3-5,10-15H2,1-2H3,(H2,20,21,22). The van der Waals surface area contributed by atoms with Crippen LogP contribution in [0, 0.1) is 0 Å². The third-order valence-corrected chi connectivity index (χ3v) is 4.17. The van der Waals surface area contributed by atoms with Crippen LogP contribution in [-0.4, -0.2) is 59.1 Å². The molecule has 6 nitrogen and oxygen atoms in total. The van der Waals surface area contributed by atoms with Gasteiger partial charge in [0.25, 0.3) is 0 Å². The molecule has 1 atom stereocenters. The number of guanidine groups is 1. The van der Waals surface area contributed by atoms with Gasteiger partial charge in [-0.1, -0.05) is 12.1 Å². The Labute approximate surface area is 151 Å². The largest absolute Gasteiger partial charge is 0.497 e. The van der Waals surface area contributed by atoms with Crippen LogP contribution < -0.4 is 15.4 Å². The molecule has 1 heterocycles. The van der Waals surface area contributed by atoms with Crippen molar-refractivity contribution in [1.82, 2.24) is 10.6 Å². The zero-order valence-corrected chi connectivity index (χ0v) is 15.4. The Bertz CT molecular complexity index is 499. The molecule has 0 bridgehead atoms. The van der Waals surface area contributed by atoms with Crippen LogP contribution in [0.5, 0.6) is 5.75 Å². The Morgan fingerprint density at radius 2 is 2.04 bits per heavy atom. The highest BCUT2D eigenvalue weighted by Crippen LogP contribution is 2.12. The van der Waals surface area contributed by atoms with E-state index in [-0.39, 0.29) is 0 Å². The lowest BCUT2D eigenvalue weighted by Crippen LogP contribution is -2.39. The summed E-state index contributed by atoms with van der Waals surface area (Å²) in [5.41, 5.74) is 1.27. The number of hydrogen-bond acceptors (Lipinski definition) is 4. The van der Waals surface area contributed by atoms with Crippen molar-refractivity contribution in [3.63, 3.8) is 0 Å². The Hall–Kier alpha value is -1.79. The molecule has 0 amide bonds. The summed E-state index contributed by atoms with van der Waals surface area (Å²) < 4.78 is 16.4. The Balaban J connectivity index is 1.51. The maximum atomic E-state index is 5.66. The van der Waals surface area contributed by atoms with Gasteiger partial charge in [-0.3, -0.25) is 4.99 Å². The average Bonchev–Trinajstić information content (AvgIpc) is 3.17. The van der Waals surface area contributed by atoms with Gasteiger partial charge in [0, 0.05) is 33.4 Å². The molecule has 2 N–H and O–H groups in total. The van der Waals surface area contributed by atoms with E-state index in [1.807, 2.05) is 12.1 Å². The fourth-order valence-corrected chi connectivity index (χ4v) is 2.71. The van der Waals surface area contributed by atoms with E-state index in [0.29, 0.717) is 6.10 Å². The van der Waals surface area contributed by atoms with E-state index in [0.717, 1.165) is 70.3 Å². The van der Waals surface area contributed by atoms with Crippen LogP contribution in [-0.2, 0) is 15.9 Å². The number of methoxy groups -OCH3 is 1. The van der Waals surface area contributed by atoms with Gasteiger partial charge in [-0.2, -0.15) is 0 Å². The molecule has 0 saturated carbocycles. The van der Waals surface area contributed by atoms with E-state index >= 15 is 0 Å². The second-order valence-electron chi connectivity index (χ2n) is 6.09. The van der Waals surface area contributed by atoms with Crippen LogP contribution in [0.15, 0.2) is 29.3 Å². The summed E-state index contributed by atoms with van der Waals surface area (Å²) in [5.74, 6) is 1.71. The van der Waals surface area contributed by atoms with Crippen LogP contribution >= 0.6 is 0 Å². The molecule has 1 saturated heterocycles. The molecule has 6 heteroatoms. The minimum Gasteiger partial charge on any atom is -0.497 e. The number of ether oxygens (including phenoxy) is 3. The normalized spacial score (nSPS) is 17.5. The van der Waals surface area contributed by atoms with Crippen molar-refractivity contribution in [2.24, 2.45) is 4.99 Å². The fraction of sp³-hybridized carbons (Fsp3) is 0.632. The average molecular weight is 349 g/mol. The molecule has 1 unspecified atom stereocenters. The van der Waals surface area contributed by atoms with Crippen molar-refractivity contribution in [3.05, 3.63) is 29.8 Å². The number of hydrogen-bond donors (Lipinski definition) is 2. The SMILES string of the molecule is CN=C(NCCCOCC1CCCO1)NCCc1ccc(OC)cc1. The molecule has 0 radical (unpaired) electrons. The molecule has 1 fully saturated rings. The molecule has 1 aromatic rings. The zero-order chi connectivity index (χ0) is 17.7. The summed E-state index contributed by atoms with van der Waals surface area (Å²) >= 11 is 0. The van der Waals surface area contributed by atoms with E-state index in [1.54, 1.807) is 14.2 Å². The van der Waals surface area contributed by atoms with Gasteiger partial charge in [0.15, 0.2) is 5.96 Å². The first-order chi connectivity index (χ1) is 12.3. The molecule has 140 valence electrons. The maximum absolute atomic E-state index is 5.66. The van der Waals surface area contributed by atoms with Crippen molar-refractivity contribution in [1.29, 1.82) is 0 Å². The summed E-state index contributed by atoms with van der Waals surface area (Å²) in [6.45, 7) is 4.02. The summed E-state index contributed by atoms with van der Waals surface area (Å²) in [6, 6.07) is 8.14. The first-order valence-corrected chi connectivity index (χ1v) is 9.08. The number of aliphatic imine (C=N–C) groups is 1. The van der Waals surface area contributed by atoms with Gasteiger partial charge in [-0.15, -0.1) is 0 Å². The van der Waals surface area contributed by atoms with E-state index in [9.17, 15) is 0 Å². The van der Waals surface area contributed by atoms with Crippen LogP contribution in [0.25, 0.3) is 0 Å². The van der Waals surface area contributed by atoms with E-state index in [2.05, 4.69) is 27.8 Å². The Kier molecular flexibility index (Phi) is 9.15.